The van der Waals surface area contributed by atoms with Crippen molar-refractivity contribution in [2.45, 2.75) is 40.0 Å². The van der Waals surface area contributed by atoms with Crippen LogP contribution in [0.25, 0.3) is 0 Å². The van der Waals surface area contributed by atoms with Crippen LogP contribution in [0.3, 0.4) is 0 Å². The Labute approximate surface area is 144 Å². The van der Waals surface area contributed by atoms with Crippen LogP contribution in [0.2, 0.25) is 5.15 Å². The molecule has 1 atom stereocenters. The summed E-state index contributed by atoms with van der Waals surface area (Å²) in [7, 11) is 0. The molecule has 0 aliphatic rings. The average molecular weight is 327 g/mol. The van der Waals surface area contributed by atoms with E-state index in [2.05, 4.69) is 55.0 Å². The molecular formula is C20H23ClN2. The summed E-state index contributed by atoms with van der Waals surface area (Å²) in [5, 5.41) is 0.507. The van der Waals surface area contributed by atoms with Crippen molar-refractivity contribution in [1.29, 1.82) is 0 Å². The third-order valence-corrected chi connectivity index (χ3v) is 4.26. The number of pyridine rings is 1. The molecule has 0 radical (unpaired) electrons. The van der Waals surface area contributed by atoms with E-state index in [4.69, 9.17) is 11.6 Å². The molecule has 0 aliphatic heterocycles. The Bertz CT molecular complexity index is 732. The molecule has 2 rings (SSSR count). The number of benzene rings is 1. The molecule has 0 fully saturated rings. The molecule has 0 amide bonds. The fourth-order valence-corrected chi connectivity index (χ4v) is 2.89. The van der Waals surface area contributed by atoms with E-state index in [0.717, 1.165) is 17.7 Å². The normalized spacial score (nSPS) is 13.5. The zero-order valence-corrected chi connectivity index (χ0v) is 14.9. The quantitative estimate of drug-likeness (QED) is 0.498. The van der Waals surface area contributed by atoms with Gasteiger partial charge in [-0.2, -0.15) is 0 Å². The summed E-state index contributed by atoms with van der Waals surface area (Å²) in [6.07, 6.45) is 6.70. The van der Waals surface area contributed by atoms with Crippen molar-refractivity contribution in [2.75, 3.05) is 0 Å². The highest BCUT2D eigenvalue weighted by Crippen LogP contribution is 2.35. The Hall–Kier alpha value is -1.93. The van der Waals surface area contributed by atoms with Gasteiger partial charge in [0.2, 0.25) is 0 Å². The molecule has 0 saturated heterocycles. The lowest BCUT2D eigenvalue weighted by molar-refractivity contribution is 0.906. The van der Waals surface area contributed by atoms with Crippen molar-refractivity contribution in [2.24, 2.45) is 4.99 Å². The van der Waals surface area contributed by atoms with Crippen LogP contribution in [0.1, 0.15) is 48.4 Å². The van der Waals surface area contributed by atoms with Crippen LogP contribution >= 0.6 is 11.6 Å². The van der Waals surface area contributed by atoms with Gasteiger partial charge in [0.25, 0.3) is 0 Å². The molecule has 0 spiro atoms. The Morgan fingerprint density at radius 1 is 1.30 bits per heavy atom. The van der Waals surface area contributed by atoms with E-state index < -0.39 is 0 Å². The number of rotatable bonds is 5. The van der Waals surface area contributed by atoms with E-state index in [1.54, 1.807) is 6.20 Å². The second-order valence-corrected chi connectivity index (χ2v) is 5.95. The monoisotopic (exact) mass is 326 g/mol. The average Bonchev–Trinajstić information content (AvgIpc) is 2.54. The summed E-state index contributed by atoms with van der Waals surface area (Å²) in [6.45, 7) is 8.42. The molecule has 1 heterocycles. The van der Waals surface area contributed by atoms with Gasteiger partial charge >= 0.3 is 0 Å². The molecule has 1 aromatic heterocycles. The van der Waals surface area contributed by atoms with Gasteiger partial charge in [-0.3, -0.25) is 4.99 Å². The molecule has 0 N–H and O–H groups in total. The van der Waals surface area contributed by atoms with Gasteiger partial charge in [-0.15, -0.1) is 0 Å². The largest absolute Gasteiger partial charge is 0.265 e. The van der Waals surface area contributed by atoms with Crippen molar-refractivity contribution in [3.8, 4) is 0 Å². The van der Waals surface area contributed by atoms with Gasteiger partial charge in [0.05, 0.1) is 5.92 Å². The molecular weight excluding hydrogens is 304 g/mol. The summed E-state index contributed by atoms with van der Waals surface area (Å²) in [6, 6.07) is 10.4. The molecule has 23 heavy (non-hydrogen) atoms. The van der Waals surface area contributed by atoms with E-state index in [1.807, 2.05) is 25.3 Å². The number of hydrogen-bond acceptors (Lipinski definition) is 2. The van der Waals surface area contributed by atoms with Crippen LogP contribution in [-0.2, 0) is 0 Å². The highest BCUT2D eigenvalue weighted by atomic mass is 35.5. The molecule has 1 aromatic carbocycles. The van der Waals surface area contributed by atoms with E-state index in [1.165, 1.54) is 16.7 Å². The van der Waals surface area contributed by atoms with Crippen molar-refractivity contribution in [1.82, 2.24) is 4.98 Å². The first kappa shape index (κ1) is 17.4. The maximum atomic E-state index is 6.13. The Kier molecular flexibility index (Phi) is 6.12. The standard InChI is InChI=1S/C20H23ClN2/c1-5-11-22-18(6-2)20(16-10-12-23-19(21)13-16)17-9-7-8-14(3)15(17)4/h6-13,20H,5H2,1-4H3/b18-6-,22-11?. The first-order valence-electron chi connectivity index (χ1n) is 7.94. The first-order chi connectivity index (χ1) is 11.1. The zero-order chi connectivity index (χ0) is 16.8. The number of aliphatic imine (C=N–C) groups is 1. The topological polar surface area (TPSA) is 25.2 Å². The van der Waals surface area contributed by atoms with Gasteiger partial charge in [-0.1, -0.05) is 42.8 Å². The zero-order valence-electron chi connectivity index (χ0n) is 14.2. The molecule has 0 aliphatic carbocycles. The van der Waals surface area contributed by atoms with E-state index in [0.29, 0.717) is 5.15 Å². The van der Waals surface area contributed by atoms with Crippen LogP contribution in [0.4, 0.5) is 0 Å². The van der Waals surface area contributed by atoms with E-state index >= 15 is 0 Å². The fourth-order valence-electron chi connectivity index (χ4n) is 2.71. The third-order valence-electron chi connectivity index (χ3n) is 4.06. The minimum Gasteiger partial charge on any atom is -0.265 e. The summed E-state index contributed by atoms with van der Waals surface area (Å²) in [4.78, 5) is 8.80. The van der Waals surface area contributed by atoms with Gasteiger partial charge in [-0.05, 0) is 61.6 Å². The number of nitrogens with zero attached hydrogens (tertiary/aromatic N) is 2. The van der Waals surface area contributed by atoms with Crippen molar-refractivity contribution in [3.63, 3.8) is 0 Å². The van der Waals surface area contributed by atoms with Crippen molar-refractivity contribution < 1.29 is 0 Å². The summed E-state index contributed by atoms with van der Waals surface area (Å²) < 4.78 is 0. The molecule has 0 bridgehead atoms. The van der Waals surface area contributed by atoms with E-state index in [-0.39, 0.29) is 5.92 Å². The maximum Gasteiger partial charge on any atom is 0.129 e. The molecule has 120 valence electrons. The predicted molar refractivity (Wildman–Crippen MR) is 99.5 cm³/mol. The molecule has 2 aromatic rings. The van der Waals surface area contributed by atoms with Gasteiger partial charge < -0.3 is 0 Å². The molecule has 0 saturated carbocycles. The van der Waals surface area contributed by atoms with Crippen LogP contribution < -0.4 is 0 Å². The van der Waals surface area contributed by atoms with Crippen LogP contribution in [-0.4, -0.2) is 11.2 Å². The lowest BCUT2D eigenvalue weighted by Crippen LogP contribution is -2.07. The minimum atomic E-state index is 0.0585. The SMILES string of the molecule is C/C=C(\N=CCC)C(c1ccnc(Cl)c1)c1cccc(C)c1C. The maximum absolute atomic E-state index is 6.13. The molecule has 2 nitrogen and oxygen atoms in total. The second-order valence-electron chi connectivity index (χ2n) is 5.57. The summed E-state index contributed by atoms with van der Waals surface area (Å²) in [5.41, 5.74) is 5.97. The Balaban J connectivity index is 2.64. The lowest BCUT2D eigenvalue weighted by atomic mass is 9.85. The summed E-state index contributed by atoms with van der Waals surface area (Å²) in [5.74, 6) is 0.0585. The second kappa shape index (κ2) is 8.07. The van der Waals surface area contributed by atoms with Gasteiger partial charge in [0, 0.05) is 18.1 Å². The Morgan fingerprint density at radius 3 is 2.74 bits per heavy atom. The van der Waals surface area contributed by atoms with Gasteiger partial charge in [-0.25, -0.2) is 4.98 Å². The number of aryl methyl sites for hydroxylation is 1. The van der Waals surface area contributed by atoms with Crippen molar-refractivity contribution in [3.05, 3.63) is 75.7 Å². The fraction of sp³-hybridized carbons (Fsp3) is 0.300. The first-order valence-corrected chi connectivity index (χ1v) is 8.32. The highest BCUT2D eigenvalue weighted by molar-refractivity contribution is 6.29. The van der Waals surface area contributed by atoms with E-state index in [9.17, 15) is 0 Å². The lowest BCUT2D eigenvalue weighted by Gasteiger charge is -2.22. The smallest absolute Gasteiger partial charge is 0.129 e. The third kappa shape index (κ3) is 4.08. The van der Waals surface area contributed by atoms with Crippen LogP contribution in [0.15, 0.2) is 53.3 Å². The number of allylic oxidation sites excluding steroid dienone is 2. The minimum absolute atomic E-state index is 0.0585. The van der Waals surface area contributed by atoms with Crippen LogP contribution in [0, 0.1) is 13.8 Å². The van der Waals surface area contributed by atoms with Gasteiger partial charge in [0.15, 0.2) is 0 Å². The predicted octanol–water partition coefficient (Wildman–Crippen LogP) is 5.87. The van der Waals surface area contributed by atoms with Gasteiger partial charge in [0.1, 0.15) is 5.15 Å². The number of hydrogen-bond donors (Lipinski definition) is 0. The van der Waals surface area contributed by atoms with Crippen LogP contribution in [0.5, 0.6) is 0 Å². The number of halogens is 1. The Morgan fingerprint density at radius 2 is 2.09 bits per heavy atom. The van der Waals surface area contributed by atoms with Crippen molar-refractivity contribution >= 4 is 17.8 Å². The summed E-state index contributed by atoms with van der Waals surface area (Å²) >= 11 is 6.13. The molecule has 1 unspecified atom stereocenters. The highest BCUT2D eigenvalue weighted by Gasteiger charge is 2.21. The molecule has 3 heteroatoms. The number of aromatic nitrogens is 1.